The number of halogens is 1. The zero-order valence-electron chi connectivity index (χ0n) is 16.0. The van der Waals surface area contributed by atoms with Crippen LogP contribution in [0.15, 0.2) is 30.3 Å². The Bertz CT molecular complexity index is 815. The molecule has 0 aliphatic carbocycles. The van der Waals surface area contributed by atoms with Crippen LogP contribution in [-0.4, -0.2) is 43.0 Å². The molecular weight excluding hydrogens is 396 g/mol. The lowest BCUT2D eigenvalue weighted by Crippen LogP contribution is -2.34. The predicted octanol–water partition coefficient (Wildman–Crippen LogP) is 5.06. The van der Waals surface area contributed by atoms with Gasteiger partial charge in [-0.3, -0.25) is 9.69 Å². The third kappa shape index (κ3) is 5.13. The molecule has 5 nitrogen and oxygen atoms in total. The predicted molar refractivity (Wildman–Crippen MR) is 114 cm³/mol. The van der Waals surface area contributed by atoms with Crippen molar-refractivity contribution >= 4 is 39.8 Å². The number of rotatable bonds is 6. The van der Waals surface area contributed by atoms with E-state index in [0.29, 0.717) is 27.0 Å². The van der Waals surface area contributed by atoms with Crippen LogP contribution in [0.25, 0.3) is 11.1 Å². The van der Waals surface area contributed by atoms with Crippen molar-refractivity contribution in [2.75, 3.05) is 31.6 Å². The van der Waals surface area contributed by atoms with Gasteiger partial charge < -0.3 is 10.1 Å². The Morgan fingerprint density at radius 2 is 1.82 bits per heavy atom. The van der Waals surface area contributed by atoms with Crippen molar-refractivity contribution in [1.29, 1.82) is 0 Å². The Hall–Kier alpha value is -1.89. The Labute approximate surface area is 174 Å². The second-order valence-corrected chi connectivity index (χ2v) is 8.40. The van der Waals surface area contributed by atoms with Gasteiger partial charge in [-0.05, 0) is 38.4 Å². The molecule has 28 heavy (non-hydrogen) atoms. The van der Waals surface area contributed by atoms with Gasteiger partial charge in [-0.15, -0.1) is 11.3 Å². The van der Waals surface area contributed by atoms with Crippen LogP contribution in [0.4, 0.5) is 5.00 Å². The van der Waals surface area contributed by atoms with Gasteiger partial charge in [0.1, 0.15) is 14.9 Å². The SMILES string of the molecule is CCOC(=O)c1c(NC(=O)CN2CCCCCC2)sc(Cl)c1-c1ccccc1. The van der Waals surface area contributed by atoms with Crippen LogP contribution in [0.3, 0.4) is 0 Å². The van der Waals surface area contributed by atoms with Crippen LogP contribution in [0.2, 0.25) is 4.34 Å². The van der Waals surface area contributed by atoms with Gasteiger partial charge in [0.05, 0.1) is 13.2 Å². The summed E-state index contributed by atoms with van der Waals surface area (Å²) in [6.07, 6.45) is 4.66. The minimum Gasteiger partial charge on any atom is -0.462 e. The molecule has 0 atom stereocenters. The van der Waals surface area contributed by atoms with Crippen molar-refractivity contribution in [2.24, 2.45) is 0 Å². The monoisotopic (exact) mass is 420 g/mol. The number of thiophene rings is 1. The number of esters is 1. The van der Waals surface area contributed by atoms with E-state index in [-0.39, 0.29) is 12.5 Å². The first-order valence-corrected chi connectivity index (χ1v) is 10.9. The number of amides is 1. The topological polar surface area (TPSA) is 58.6 Å². The largest absolute Gasteiger partial charge is 0.462 e. The number of hydrogen-bond acceptors (Lipinski definition) is 5. The first kappa shape index (κ1) is 20.8. The molecule has 0 unspecified atom stereocenters. The third-order valence-electron chi connectivity index (χ3n) is 4.73. The maximum atomic E-state index is 12.7. The van der Waals surface area contributed by atoms with Crippen LogP contribution in [0.1, 0.15) is 43.0 Å². The molecule has 1 fully saturated rings. The van der Waals surface area contributed by atoms with Crippen molar-refractivity contribution < 1.29 is 14.3 Å². The number of hydrogen-bond donors (Lipinski definition) is 1. The van der Waals surface area contributed by atoms with E-state index in [2.05, 4.69) is 10.2 Å². The molecule has 0 saturated carbocycles. The van der Waals surface area contributed by atoms with E-state index in [1.807, 2.05) is 30.3 Å². The summed E-state index contributed by atoms with van der Waals surface area (Å²) >= 11 is 7.67. The summed E-state index contributed by atoms with van der Waals surface area (Å²) in [6.45, 7) is 4.18. The molecule has 1 aliphatic rings. The molecule has 2 aromatic rings. The highest BCUT2D eigenvalue weighted by Gasteiger charge is 2.26. The molecular formula is C21H25ClN2O3S. The molecule has 1 saturated heterocycles. The van der Waals surface area contributed by atoms with E-state index in [9.17, 15) is 9.59 Å². The minimum absolute atomic E-state index is 0.134. The molecule has 1 N–H and O–H groups in total. The van der Waals surface area contributed by atoms with E-state index in [4.69, 9.17) is 16.3 Å². The standard InChI is InChI=1S/C21H25ClN2O3S/c1-2-27-21(26)18-17(15-10-6-5-7-11-15)19(22)28-20(18)23-16(25)14-24-12-8-3-4-9-13-24/h5-7,10-11H,2-4,8-9,12-14H2,1H3,(H,23,25). The highest BCUT2D eigenvalue weighted by Crippen LogP contribution is 2.43. The summed E-state index contributed by atoms with van der Waals surface area (Å²) in [5.74, 6) is -0.612. The van der Waals surface area contributed by atoms with Gasteiger partial charge in [0.15, 0.2) is 0 Å². The number of nitrogens with one attached hydrogen (secondary N) is 1. The molecule has 2 heterocycles. The van der Waals surface area contributed by atoms with Crippen molar-refractivity contribution in [3.63, 3.8) is 0 Å². The second-order valence-electron chi connectivity index (χ2n) is 6.78. The molecule has 1 aromatic carbocycles. The van der Waals surface area contributed by atoms with Crippen LogP contribution >= 0.6 is 22.9 Å². The summed E-state index contributed by atoms with van der Waals surface area (Å²) in [5.41, 5.74) is 1.75. The average molecular weight is 421 g/mol. The summed E-state index contributed by atoms with van der Waals surface area (Å²) in [4.78, 5) is 27.5. The van der Waals surface area contributed by atoms with E-state index in [1.165, 1.54) is 24.2 Å². The van der Waals surface area contributed by atoms with Gasteiger partial charge in [0, 0.05) is 5.56 Å². The normalized spacial score (nSPS) is 15.1. The van der Waals surface area contributed by atoms with Gasteiger partial charge in [-0.25, -0.2) is 4.79 Å². The smallest absolute Gasteiger partial charge is 0.341 e. The number of ether oxygens (including phenoxy) is 1. The highest BCUT2D eigenvalue weighted by atomic mass is 35.5. The van der Waals surface area contributed by atoms with Crippen molar-refractivity contribution in [2.45, 2.75) is 32.6 Å². The molecule has 7 heteroatoms. The van der Waals surface area contributed by atoms with Crippen molar-refractivity contribution in [3.05, 3.63) is 40.2 Å². The van der Waals surface area contributed by atoms with Crippen molar-refractivity contribution in [1.82, 2.24) is 4.90 Å². The summed E-state index contributed by atoms with van der Waals surface area (Å²) < 4.78 is 5.70. The van der Waals surface area contributed by atoms with E-state index in [0.717, 1.165) is 31.5 Å². The van der Waals surface area contributed by atoms with Gasteiger partial charge in [-0.2, -0.15) is 0 Å². The number of benzene rings is 1. The molecule has 0 radical (unpaired) electrons. The highest BCUT2D eigenvalue weighted by molar-refractivity contribution is 7.21. The third-order valence-corrected chi connectivity index (χ3v) is 6.04. The number of carbonyl (C=O) groups excluding carboxylic acids is 2. The number of anilines is 1. The van der Waals surface area contributed by atoms with Crippen molar-refractivity contribution in [3.8, 4) is 11.1 Å². The van der Waals surface area contributed by atoms with Gasteiger partial charge in [0.2, 0.25) is 5.91 Å². The summed E-state index contributed by atoms with van der Waals surface area (Å²) in [7, 11) is 0. The summed E-state index contributed by atoms with van der Waals surface area (Å²) in [6, 6.07) is 9.45. The zero-order valence-corrected chi connectivity index (χ0v) is 17.6. The summed E-state index contributed by atoms with van der Waals surface area (Å²) in [5, 5.41) is 3.35. The molecule has 150 valence electrons. The average Bonchev–Trinajstić information content (AvgIpc) is 2.83. The second kappa shape index (κ2) is 10.0. The fourth-order valence-electron chi connectivity index (χ4n) is 3.42. The fourth-order valence-corrected chi connectivity index (χ4v) is 4.80. The van der Waals surface area contributed by atoms with E-state index in [1.54, 1.807) is 6.92 Å². The van der Waals surface area contributed by atoms with Crippen LogP contribution in [0, 0.1) is 0 Å². The lowest BCUT2D eigenvalue weighted by molar-refractivity contribution is -0.117. The van der Waals surface area contributed by atoms with Crippen LogP contribution in [-0.2, 0) is 9.53 Å². The molecule has 0 bridgehead atoms. The van der Waals surface area contributed by atoms with E-state index < -0.39 is 5.97 Å². The Balaban J connectivity index is 1.85. The Morgan fingerprint density at radius 3 is 2.46 bits per heavy atom. The van der Waals surface area contributed by atoms with Gasteiger partial charge in [-0.1, -0.05) is 54.8 Å². The number of carbonyl (C=O) groups is 2. The minimum atomic E-state index is -0.477. The van der Waals surface area contributed by atoms with Gasteiger partial charge in [0.25, 0.3) is 0 Å². The van der Waals surface area contributed by atoms with Crippen LogP contribution in [0.5, 0.6) is 0 Å². The molecule has 0 spiro atoms. The maximum Gasteiger partial charge on any atom is 0.341 e. The molecule has 1 aromatic heterocycles. The number of likely N-dealkylation sites (tertiary alicyclic amines) is 1. The Kier molecular flexibility index (Phi) is 7.48. The number of nitrogens with zero attached hydrogens (tertiary/aromatic N) is 1. The molecule has 1 aliphatic heterocycles. The Morgan fingerprint density at radius 1 is 1.14 bits per heavy atom. The maximum absolute atomic E-state index is 12.7. The first-order chi connectivity index (χ1) is 13.6. The fraction of sp³-hybridized carbons (Fsp3) is 0.429. The quantitative estimate of drug-likeness (QED) is 0.663. The van der Waals surface area contributed by atoms with Crippen LogP contribution < -0.4 is 5.32 Å². The molecule has 3 rings (SSSR count). The zero-order chi connectivity index (χ0) is 19.9. The van der Waals surface area contributed by atoms with Gasteiger partial charge >= 0.3 is 5.97 Å². The van der Waals surface area contributed by atoms with E-state index >= 15 is 0 Å². The lowest BCUT2D eigenvalue weighted by atomic mass is 10.0. The lowest BCUT2D eigenvalue weighted by Gasteiger charge is -2.18. The molecule has 1 amide bonds. The first-order valence-electron chi connectivity index (χ1n) is 9.67.